The lowest BCUT2D eigenvalue weighted by atomic mass is 9.67. The van der Waals surface area contributed by atoms with Gasteiger partial charge in [0.25, 0.3) is 0 Å². The lowest BCUT2D eigenvalue weighted by Crippen LogP contribution is -2.29. The Morgan fingerprint density at radius 3 is 2.16 bits per heavy atom. The van der Waals surface area contributed by atoms with E-state index in [0.29, 0.717) is 5.41 Å². The maximum Gasteiger partial charge on any atom is -0.0351 e. The molecule has 0 aromatic carbocycles. The van der Waals surface area contributed by atoms with Gasteiger partial charge in [0.15, 0.2) is 0 Å². The van der Waals surface area contributed by atoms with Crippen LogP contribution in [0.3, 0.4) is 0 Å². The van der Waals surface area contributed by atoms with E-state index < -0.39 is 0 Å². The summed E-state index contributed by atoms with van der Waals surface area (Å²) in [5, 5.41) is 0. The van der Waals surface area contributed by atoms with Crippen molar-refractivity contribution in [3.8, 4) is 0 Å². The summed E-state index contributed by atoms with van der Waals surface area (Å²) < 4.78 is 0. The number of hydrogen-bond donors (Lipinski definition) is 0. The van der Waals surface area contributed by atoms with E-state index in [9.17, 15) is 0 Å². The zero-order chi connectivity index (χ0) is 14.2. The van der Waals surface area contributed by atoms with Gasteiger partial charge in [0, 0.05) is 0 Å². The molecule has 2 aliphatic carbocycles. The van der Waals surface area contributed by atoms with E-state index in [-0.39, 0.29) is 0 Å². The molecule has 0 amide bonds. The van der Waals surface area contributed by atoms with E-state index in [1.807, 2.05) is 0 Å². The Kier molecular flexibility index (Phi) is 4.68. The Hall–Kier alpha value is 0. The third-order valence-electron chi connectivity index (χ3n) is 6.95. The van der Waals surface area contributed by atoms with Crippen molar-refractivity contribution in [1.29, 1.82) is 0 Å². The molecule has 19 heavy (non-hydrogen) atoms. The second kappa shape index (κ2) is 5.78. The highest BCUT2D eigenvalue weighted by molar-refractivity contribution is 4.88. The minimum atomic E-state index is 0.615. The van der Waals surface area contributed by atoms with Crippen molar-refractivity contribution < 1.29 is 0 Å². The lowest BCUT2D eigenvalue weighted by molar-refractivity contribution is 0.114. The minimum Gasteiger partial charge on any atom is -0.0622 e. The van der Waals surface area contributed by atoms with Gasteiger partial charge >= 0.3 is 0 Å². The zero-order valence-electron chi connectivity index (χ0n) is 14.2. The largest absolute Gasteiger partial charge is 0.0622 e. The van der Waals surface area contributed by atoms with Gasteiger partial charge in [-0.05, 0) is 73.0 Å². The first-order valence-electron chi connectivity index (χ1n) is 8.80. The fraction of sp³-hybridized carbons (Fsp3) is 1.00. The van der Waals surface area contributed by atoms with E-state index in [1.165, 1.54) is 38.5 Å². The highest BCUT2D eigenvalue weighted by Gasteiger charge is 2.37. The van der Waals surface area contributed by atoms with E-state index in [0.717, 1.165) is 35.5 Å². The van der Waals surface area contributed by atoms with Gasteiger partial charge in [0.05, 0.1) is 0 Å². The van der Waals surface area contributed by atoms with Gasteiger partial charge in [0.1, 0.15) is 0 Å². The summed E-state index contributed by atoms with van der Waals surface area (Å²) in [4.78, 5) is 0. The second-order valence-electron chi connectivity index (χ2n) is 8.91. The van der Waals surface area contributed by atoms with Gasteiger partial charge in [-0.25, -0.2) is 0 Å². The van der Waals surface area contributed by atoms with Crippen LogP contribution in [0.5, 0.6) is 0 Å². The quantitative estimate of drug-likeness (QED) is 0.558. The van der Waals surface area contributed by atoms with Gasteiger partial charge in [-0.1, -0.05) is 48.0 Å². The van der Waals surface area contributed by atoms with Crippen molar-refractivity contribution in [1.82, 2.24) is 0 Å². The first-order chi connectivity index (χ1) is 8.80. The molecule has 2 aliphatic rings. The standard InChI is InChI=1S/C19H36/c1-13-7-8-17(13)11-14(2)15(3)16(4)18-9-10-19(5,6)12-18/h13-18H,7-12H2,1-6H3. The van der Waals surface area contributed by atoms with Crippen LogP contribution in [0, 0.1) is 40.9 Å². The molecule has 0 nitrogen and oxygen atoms in total. The third-order valence-corrected chi connectivity index (χ3v) is 6.95. The Morgan fingerprint density at radius 1 is 1.05 bits per heavy atom. The molecule has 0 radical (unpaired) electrons. The molecule has 0 aromatic heterocycles. The highest BCUT2D eigenvalue weighted by Crippen LogP contribution is 2.48. The first kappa shape index (κ1) is 15.4. The molecule has 0 bridgehead atoms. The second-order valence-corrected chi connectivity index (χ2v) is 8.91. The van der Waals surface area contributed by atoms with Crippen molar-refractivity contribution in [3.63, 3.8) is 0 Å². The molecule has 0 heteroatoms. The Bertz CT molecular complexity index is 290. The van der Waals surface area contributed by atoms with Crippen LogP contribution in [0.2, 0.25) is 0 Å². The molecule has 0 saturated heterocycles. The molecule has 6 unspecified atom stereocenters. The SMILES string of the molecule is CC1CCC1CC(C)C(C)C(C)C1CCC(C)(C)C1. The normalized spacial score (nSPS) is 38.5. The molecule has 0 aliphatic heterocycles. The summed E-state index contributed by atoms with van der Waals surface area (Å²) in [5.74, 6) is 5.80. The monoisotopic (exact) mass is 264 g/mol. The van der Waals surface area contributed by atoms with Crippen molar-refractivity contribution in [2.24, 2.45) is 40.9 Å². The van der Waals surface area contributed by atoms with Crippen molar-refractivity contribution in [2.75, 3.05) is 0 Å². The maximum atomic E-state index is 2.54. The smallest absolute Gasteiger partial charge is 0.0351 e. The van der Waals surface area contributed by atoms with Crippen molar-refractivity contribution >= 4 is 0 Å². The average molecular weight is 264 g/mol. The Balaban J connectivity index is 1.82. The zero-order valence-corrected chi connectivity index (χ0v) is 14.2. The van der Waals surface area contributed by atoms with E-state index >= 15 is 0 Å². The predicted octanol–water partition coefficient (Wildman–Crippen LogP) is 6.16. The van der Waals surface area contributed by atoms with Gasteiger partial charge in [-0.15, -0.1) is 0 Å². The van der Waals surface area contributed by atoms with E-state index in [2.05, 4.69) is 41.5 Å². The number of rotatable bonds is 5. The number of hydrogen-bond acceptors (Lipinski definition) is 0. The third kappa shape index (κ3) is 3.56. The molecule has 0 spiro atoms. The van der Waals surface area contributed by atoms with Crippen molar-refractivity contribution in [2.45, 2.75) is 80.1 Å². The minimum absolute atomic E-state index is 0.615. The van der Waals surface area contributed by atoms with Crippen LogP contribution in [-0.4, -0.2) is 0 Å². The van der Waals surface area contributed by atoms with Gasteiger partial charge < -0.3 is 0 Å². The Labute approximate surface area is 121 Å². The van der Waals surface area contributed by atoms with Gasteiger partial charge in [-0.3, -0.25) is 0 Å². The topological polar surface area (TPSA) is 0 Å². The Morgan fingerprint density at radius 2 is 1.74 bits per heavy atom. The molecule has 6 atom stereocenters. The summed E-state index contributed by atoms with van der Waals surface area (Å²) in [6.45, 7) is 15.0. The molecular weight excluding hydrogens is 228 g/mol. The van der Waals surface area contributed by atoms with Gasteiger partial charge in [0.2, 0.25) is 0 Å². The van der Waals surface area contributed by atoms with E-state index in [1.54, 1.807) is 0 Å². The fourth-order valence-electron chi connectivity index (χ4n) is 4.66. The van der Waals surface area contributed by atoms with Crippen LogP contribution in [-0.2, 0) is 0 Å². The molecule has 0 aromatic rings. The first-order valence-corrected chi connectivity index (χ1v) is 8.80. The maximum absolute atomic E-state index is 2.54. The molecular formula is C19H36. The van der Waals surface area contributed by atoms with Crippen LogP contribution in [0.4, 0.5) is 0 Å². The molecule has 0 N–H and O–H groups in total. The van der Waals surface area contributed by atoms with Gasteiger partial charge in [-0.2, -0.15) is 0 Å². The van der Waals surface area contributed by atoms with Crippen molar-refractivity contribution in [3.05, 3.63) is 0 Å². The summed E-state index contributed by atoms with van der Waals surface area (Å²) >= 11 is 0. The molecule has 112 valence electrons. The molecule has 2 rings (SSSR count). The molecule has 2 saturated carbocycles. The lowest BCUT2D eigenvalue weighted by Gasteiger charge is -2.39. The van der Waals surface area contributed by atoms with Crippen LogP contribution >= 0.6 is 0 Å². The summed E-state index contributed by atoms with van der Waals surface area (Å²) in [5.41, 5.74) is 0.615. The fourth-order valence-corrected chi connectivity index (χ4v) is 4.66. The van der Waals surface area contributed by atoms with Crippen LogP contribution in [0.1, 0.15) is 80.1 Å². The predicted molar refractivity (Wildman–Crippen MR) is 85.1 cm³/mol. The summed E-state index contributed by atoms with van der Waals surface area (Å²) in [6, 6.07) is 0. The summed E-state index contributed by atoms with van der Waals surface area (Å²) in [6.07, 6.45) is 8.86. The van der Waals surface area contributed by atoms with Crippen LogP contribution in [0.15, 0.2) is 0 Å². The van der Waals surface area contributed by atoms with Crippen LogP contribution in [0.25, 0.3) is 0 Å². The molecule has 0 heterocycles. The van der Waals surface area contributed by atoms with E-state index in [4.69, 9.17) is 0 Å². The average Bonchev–Trinajstić information content (AvgIpc) is 2.72. The van der Waals surface area contributed by atoms with Crippen LogP contribution < -0.4 is 0 Å². The molecule has 2 fully saturated rings. The summed E-state index contributed by atoms with van der Waals surface area (Å²) in [7, 11) is 0. The highest BCUT2D eigenvalue weighted by atomic mass is 14.4.